The zero-order valence-corrected chi connectivity index (χ0v) is 35.5. The number of nitrogens with zero attached hydrogens (tertiary/aromatic N) is 4. The van der Waals surface area contributed by atoms with Crippen molar-refractivity contribution >= 4 is 98.4 Å². The van der Waals surface area contributed by atoms with E-state index in [1.807, 2.05) is 66.7 Å². The van der Waals surface area contributed by atoms with Crippen molar-refractivity contribution < 1.29 is 13.3 Å². The highest BCUT2D eigenvalue weighted by molar-refractivity contribution is 6.25. The van der Waals surface area contributed by atoms with E-state index in [4.69, 9.17) is 28.2 Å². The Kier molecular flexibility index (Phi) is 8.27. The van der Waals surface area contributed by atoms with Crippen molar-refractivity contribution in [3.05, 3.63) is 182 Å². The van der Waals surface area contributed by atoms with Crippen LogP contribution in [0.3, 0.4) is 0 Å². The Labute approximate surface area is 371 Å². The third kappa shape index (κ3) is 5.72. The SMILES string of the molecule is CCC.c1ccc2c(c1)ccc1c2c2cccc(-c3cccc4oc5ccccc5c34)c2n1-c1nc(-c2ccc3c(c2)oc2ccccc23)nc(-c2ccc3c(c2)oc2ccccc23)n1. The van der Waals surface area contributed by atoms with Gasteiger partial charge in [-0.25, -0.2) is 4.98 Å². The lowest BCUT2D eigenvalue weighted by Gasteiger charge is -2.13. The lowest BCUT2D eigenvalue weighted by atomic mass is 9.96. The zero-order chi connectivity index (χ0) is 43.2. The van der Waals surface area contributed by atoms with E-state index in [-0.39, 0.29) is 0 Å². The van der Waals surface area contributed by atoms with Crippen LogP contribution in [0.25, 0.3) is 138 Å². The first-order chi connectivity index (χ1) is 32.1. The molecule has 0 saturated heterocycles. The first-order valence-electron chi connectivity index (χ1n) is 22.1. The predicted octanol–water partition coefficient (Wildman–Crippen LogP) is 16.2. The monoisotopic (exact) mass is 838 g/mol. The summed E-state index contributed by atoms with van der Waals surface area (Å²) in [6, 6.07) is 62.7. The fourth-order valence-corrected chi connectivity index (χ4v) is 9.71. The fraction of sp³-hybridized carbons (Fsp3) is 0.0517. The van der Waals surface area contributed by atoms with Crippen LogP contribution >= 0.6 is 0 Å². The second-order valence-electron chi connectivity index (χ2n) is 16.6. The highest BCUT2D eigenvalue weighted by Gasteiger charge is 2.24. The summed E-state index contributed by atoms with van der Waals surface area (Å²) >= 11 is 0. The Morgan fingerprint density at radius 3 is 1.54 bits per heavy atom. The van der Waals surface area contributed by atoms with Crippen LogP contribution in [0.4, 0.5) is 0 Å². The molecular formula is C58H38N4O3. The maximum absolute atomic E-state index is 6.43. The van der Waals surface area contributed by atoms with E-state index in [0.29, 0.717) is 17.6 Å². The molecule has 0 amide bonds. The lowest BCUT2D eigenvalue weighted by molar-refractivity contribution is 0.668. The van der Waals surface area contributed by atoms with Gasteiger partial charge in [0.25, 0.3) is 0 Å². The number of rotatable bonds is 4. The standard InChI is InChI=1S/C55H30N4O3.C3H8/c1-2-12-34-31(11-1)25-28-43-50(34)42-18-9-17-40(39-16-10-22-47-51(39)41-15-5-8-21-46(41)60-47)52(42)59(43)55-57-53(32-23-26-37-35-13-3-6-19-44(35)61-48(37)29-32)56-54(58-55)33-24-27-38-36-14-4-7-20-45(36)62-49(38)30-33;1-3-2/h1-30H;3H2,1-2H3. The number of hydrogen-bond donors (Lipinski definition) is 0. The molecule has 308 valence electrons. The molecule has 0 atom stereocenters. The molecule has 7 heteroatoms. The number of furan rings is 3. The Bertz CT molecular complexity index is 4070. The molecule has 7 nitrogen and oxygen atoms in total. The van der Waals surface area contributed by atoms with E-state index in [9.17, 15) is 0 Å². The van der Waals surface area contributed by atoms with Crippen molar-refractivity contribution in [2.45, 2.75) is 20.3 Å². The van der Waals surface area contributed by atoms with E-state index in [0.717, 1.165) is 121 Å². The molecule has 14 aromatic rings. The average Bonchev–Trinajstić information content (AvgIpc) is 4.12. The highest BCUT2D eigenvalue weighted by atomic mass is 16.3. The van der Waals surface area contributed by atoms with Crippen LogP contribution in [-0.2, 0) is 0 Å². The fourth-order valence-electron chi connectivity index (χ4n) is 9.71. The molecule has 0 aliphatic heterocycles. The van der Waals surface area contributed by atoms with Gasteiger partial charge in [-0.15, -0.1) is 0 Å². The molecule has 0 spiro atoms. The summed E-state index contributed by atoms with van der Waals surface area (Å²) in [5, 5.41) is 10.9. The van der Waals surface area contributed by atoms with Gasteiger partial charge in [0, 0.05) is 59.8 Å². The Morgan fingerprint density at radius 2 is 0.877 bits per heavy atom. The average molecular weight is 839 g/mol. The first-order valence-corrected chi connectivity index (χ1v) is 22.1. The van der Waals surface area contributed by atoms with Gasteiger partial charge in [-0.2, -0.15) is 9.97 Å². The number of fused-ring (bicyclic) bond motifs is 14. The number of benzene rings is 9. The van der Waals surface area contributed by atoms with Crippen LogP contribution in [0.2, 0.25) is 0 Å². The van der Waals surface area contributed by atoms with Crippen LogP contribution in [0, 0.1) is 0 Å². The van der Waals surface area contributed by atoms with Crippen LogP contribution in [0.15, 0.2) is 195 Å². The molecule has 65 heavy (non-hydrogen) atoms. The van der Waals surface area contributed by atoms with Crippen molar-refractivity contribution in [1.29, 1.82) is 0 Å². The molecule has 5 heterocycles. The van der Waals surface area contributed by atoms with E-state index in [2.05, 4.69) is 134 Å². The topological polar surface area (TPSA) is 83.0 Å². The summed E-state index contributed by atoms with van der Waals surface area (Å²) in [6.45, 7) is 4.25. The van der Waals surface area contributed by atoms with Gasteiger partial charge >= 0.3 is 0 Å². The second kappa shape index (κ2) is 14.5. The third-order valence-electron chi connectivity index (χ3n) is 12.5. The van der Waals surface area contributed by atoms with Crippen LogP contribution in [0.5, 0.6) is 0 Å². The first kappa shape index (κ1) is 37.0. The molecule has 14 rings (SSSR count). The molecule has 0 aliphatic carbocycles. The Balaban J connectivity index is 0.00000138. The van der Waals surface area contributed by atoms with Gasteiger partial charge in [-0.1, -0.05) is 148 Å². The third-order valence-corrected chi connectivity index (χ3v) is 12.5. The summed E-state index contributed by atoms with van der Waals surface area (Å²) in [4.78, 5) is 16.0. The summed E-state index contributed by atoms with van der Waals surface area (Å²) in [7, 11) is 0. The molecule has 9 aromatic carbocycles. The maximum atomic E-state index is 6.43. The van der Waals surface area contributed by atoms with Gasteiger partial charge < -0.3 is 13.3 Å². The van der Waals surface area contributed by atoms with Crippen molar-refractivity contribution in [2.24, 2.45) is 0 Å². The zero-order valence-electron chi connectivity index (χ0n) is 35.5. The summed E-state index contributed by atoms with van der Waals surface area (Å²) in [5.41, 5.74) is 10.6. The minimum atomic E-state index is 0.492. The lowest BCUT2D eigenvalue weighted by Crippen LogP contribution is -2.07. The van der Waals surface area contributed by atoms with Gasteiger partial charge in [0.05, 0.1) is 11.0 Å². The predicted molar refractivity (Wildman–Crippen MR) is 266 cm³/mol. The van der Waals surface area contributed by atoms with Crippen LogP contribution < -0.4 is 0 Å². The maximum Gasteiger partial charge on any atom is 0.238 e. The highest BCUT2D eigenvalue weighted by Crippen LogP contribution is 2.45. The second-order valence-corrected chi connectivity index (χ2v) is 16.6. The molecule has 5 aromatic heterocycles. The van der Waals surface area contributed by atoms with Gasteiger partial charge in [-0.3, -0.25) is 4.57 Å². The van der Waals surface area contributed by atoms with Gasteiger partial charge in [0.2, 0.25) is 5.95 Å². The molecule has 0 saturated carbocycles. The molecular weight excluding hydrogens is 801 g/mol. The van der Waals surface area contributed by atoms with E-state index >= 15 is 0 Å². The molecule has 0 bridgehead atoms. The Morgan fingerprint density at radius 1 is 0.385 bits per heavy atom. The van der Waals surface area contributed by atoms with Crippen molar-refractivity contribution in [3.63, 3.8) is 0 Å². The normalized spacial score (nSPS) is 11.9. The van der Waals surface area contributed by atoms with Gasteiger partial charge in [-0.05, 0) is 70.9 Å². The minimum absolute atomic E-state index is 0.492. The summed E-state index contributed by atoms with van der Waals surface area (Å²) < 4.78 is 21.4. The van der Waals surface area contributed by atoms with E-state index < -0.39 is 0 Å². The van der Waals surface area contributed by atoms with Crippen molar-refractivity contribution in [1.82, 2.24) is 19.5 Å². The van der Waals surface area contributed by atoms with Crippen molar-refractivity contribution in [3.8, 4) is 39.9 Å². The number of para-hydroxylation sites is 4. The number of hydrogen-bond acceptors (Lipinski definition) is 6. The van der Waals surface area contributed by atoms with E-state index in [1.165, 1.54) is 6.42 Å². The van der Waals surface area contributed by atoms with Gasteiger partial charge in [0.1, 0.15) is 33.5 Å². The molecule has 0 fully saturated rings. The van der Waals surface area contributed by atoms with Crippen LogP contribution in [-0.4, -0.2) is 19.5 Å². The molecule has 0 aliphatic rings. The van der Waals surface area contributed by atoms with Gasteiger partial charge in [0.15, 0.2) is 11.6 Å². The summed E-state index contributed by atoms with van der Waals surface area (Å²) in [6.07, 6.45) is 1.25. The smallest absolute Gasteiger partial charge is 0.238 e. The summed E-state index contributed by atoms with van der Waals surface area (Å²) in [5.74, 6) is 1.54. The largest absolute Gasteiger partial charge is 0.456 e. The molecule has 0 unspecified atom stereocenters. The van der Waals surface area contributed by atoms with Crippen molar-refractivity contribution in [2.75, 3.05) is 0 Å². The number of aromatic nitrogens is 4. The Hall–Kier alpha value is -8.55. The van der Waals surface area contributed by atoms with E-state index in [1.54, 1.807) is 0 Å². The van der Waals surface area contributed by atoms with Crippen LogP contribution in [0.1, 0.15) is 20.3 Å². The minimum Gasteiger partial charge on any atom is -0.456 e. The molecule has 0 radical (unpaired) electrons. The quantitative estimate of drug-likeness (QED) is 0.176. The molecule has 0 N–H and O–H groups in total.